The van der Waals surface area contributed by atoms with E-state index in [1.165, 1.54) is 0 Å². The fourth-order valence-electron chi connectivity index (χ4n) is 1.10. The van der Waals surface area contributed by atoms with E-state index in [1.807, 2.05) is 13.0 Å². The van der Waals surface area contributed by atoms with Crippen LogP contribution < -0.4 is 0 Å². The van der Waals surface area contributed by atoms with Gasteiger partial charge in [0.25, 0.3) is 0 Å². The lowest BCUT2D eigenvalue weighted by atomic mass is 10.2. The van der Waals surface area contributed by atoms with Crippen LogP contribution in [0.5, 0.6) is 0 Å². The van der Waals surface area contributed by atoms with Crippen LogP contribution in [-0.4, -0.2) is 26.1 Å². The van der Waals surface area contributed by atoms with Crippen LogP contribution in [0.1, 0.15) is 12.6 Å². The number of nitrogens with zero attached hydrogens (tertiary/aromatic N) is 2. The van der Waals surface area contributed by atoms with Crippen molar-refractivity contribution < 1.29 is 9.90 Å². The highest BCUT2D eigenvalue weighted by molar-refractivity contribution is 7.81. The number of rotatable bonds is 4. The van der Waals surface area contributed by atoms with Crippen LogP contribution in [0.25, 0.3) is 0 Å². The second-order valence-corrected chi connectivity index (χ2v) is 3.32. The monoisotopic (exact) mass is 200 g/mol. The molecule has 0 bridgehead atoms. The van der Waals surface area contributed by atoms with Crippen LogP contribution in [0.15, 0.2) is 12.3 Å². The first-order valence-corrected chi connectivity index (χ1v) is 4.58. The van der Waals surface area contributed by atoms with Gasteiger partial charge in [0.05, 0.1) is 0 Å². The zero-order valence-electron chi connectivity index (χ0n) is 7.34. The highest BCUT2D eigenvalue weighted by Gasteiger charge is 2.14. The SMILES string of the molecule is CCn1nccc1CC(S)C(=O)O. The van der Waals surface area contributed by atoms with Crippen LogP contribution >= 0.6 is 12.6 Å². The number of carboxylic acids is 1. The van der Waals surface area contributed by atoms with Gasteiger partial charge >= 0.3 is 5.97 Å². The lowest BCUT2D eigenvalue weighted by Crippen LogP contribution is -2.18. The number of thiol groups is 1. The lowest BCUT2D eigenvalue weighted by molar-refractivity contribution is -0.136. The number of carboxylic acid groups (broad SMARTS) is 1. The molecule has 5 heteroatoms. The van der Waals surface area contributed by atoms with Crippen LogP contribution in [0.2, 0.25) is 0 Å². The van der Waals surface area contributed by atoms with E-state index in [0.29, 0.717) is 6.42 Å². The Kier molecular flexibility index (Phi) is 3.36. The minimum atomic E-state index is -0.896. The number of hydrogen-bond donors (Lipinski definition) is 2. The fraction of sp³-hybridized carbons (Fsp3) is 0.500. The summed E-state index contributed by atoms with van der Waals surface area (Å²) in [6, 6.07) is 1.82. The summed E-state index contributed by atoms with van der Waals surface area (Å²) in [6.07, 6.45) is 2.08. The molecule has 1 unspecified atom stereocenters. The zero-order chi connectivity index (χ0) is 9.84. The van der Waals surface area contributed by atoms with Gasteiger partial charge in [0.2, 0.25) is 0 Å². The number of aromatic nitrogens is 2. The van der Waals surface area contributed by atoms with E-state index in [2.05, 4.69) is 17.7 Å². The van der Waals surface area contributed by atoms with E-state index in [0.717, 1.165) is 12.2 Å². The topological polar surface area (TPSA) is 55.1 Å². The maximum Gasteiger partial charge on any atom is 0.316 e. The quantitative estimate of drug-likeness (QED) is 0.708. The first kappa shape index (κ1) is 10.1. The Morgan fingerprint density at radius 1 is 1.85 bits per heavy atom. The number of aryl methyl sites for hydroxylation is 1. The molecule has 0 aliphatic rings. The van der Waals surface area contributed by atoms with Crippen molar-refractivity contribution in [3.63, 3.8) is 0 Å². The minimum Gasteiger partial charge on any atom is -0.480 e. The second-order valence-electron chi connectivity index (χ2n) is 2.70. The van der Waals surface area contributed by atoms with Crippen molar-refractivity contribution in [2.24, 2.45) is 0 Å². The van der Waals surface area contributed by atoms with Crippen molar-refractivity contribution in [1.82, 2.24) is 9.78 Å². The summed E-state index contributed by atoms with van der Waals surface area (Å²) >= 11 is 3.96. The molecule has 1 rings (SSSR count). The predicted octanol–water partition coefficient (Wildman–Crippen LogP) is 0.829. The summed E-state index contributed by atoms with van der Waals surface area (Å²) in [7, 11) is 0. The average Bonchev–Trinajstić information content (AvgIpc) is 2.51. The van der Waals surface area contributed by atoms with Gasteiger partial charge in [0, 0.05) is 24.9 Å². The van der Waals surface area contributed by atoms with Crippen molar-refractivity contribution in [2.45, 2.75) is 25.1 Å². The van der Waals surface area contributed by atoms with E-state index in [4.69, 9.17) is 5.11 Å². The highest BCUT2D eigenvalue weighted by Crippen LogP contribution is 2.07. The molecule has 1 heterocycles. The maximum atomic E-state index is 10.5. The molecule has 1 N–H and O–H groups in total. The number of hydrogen-bond acceptors (Lipinski definition) is 3. The molecule has 0 aromatic carbocycles. The maximum absolute atomic E-state index is 10.5. The molecule has 0 aliphatic heterocycles. The van der Waals surface area contributed by atoms with Gasteiger partial charge in [-0.2, -0.15) is 17.7 Å². The largest absolute Gasteiger partial charge is 0.480 e. The Hall–Kier alpha value is -0.970. The van der Waals surface area contributed by atoms with Gasteiger partial charge in [0.1, 0.15) is 5.25 Å². The van der Waals surface area contributed by atoms with Gasteiger partial charge < -0.3 is 5.11 Å². The molecule has 1 aromatic rings. The molecular formula is C8H12N2O2S. The van der Waals surface area contributed by atoms with E-state index < -0.39 is 11.2 Å². The summed E-state index contributed by atoms with van der Waals surface area (Å²) in [4.78, 5) is 10.5. The van der Waals surface area contributed by atoms with Crippen molar-refractivity contribution in [3.8, 4) is 0 Å². The van der Waals surface area contributed by atoms with Crippen molar-refractivity contribution in [2.75, 3.05) is 0 Å². The summed E-state index contributed by atoms with van der Waals surface area (Å²) < 4.78 is 1.77. The third-order valence-electron chi connectivity index (χ3n) is 1.79. The lowest BCUT2D eigenvalue weighted by Gasteiger charge is -2.06. The van der Waals surface area contributed by atoms with Gasteiger partial charge in [-0.15, -0.1) is 0 Å². The average molecular weight is 200 g/mol. The predicted molar refractivity (Wildman–Crippen MR) is 52.0 cm³/mol. The van der Waals surface area contributed by atoms with Crippen LogP contribution in [-0.2, 0) is 17.8 Å². The molecule has 13 heavy (non-hydrogen) atoms. The van der Waals surface area contributed by atoms with Gasteiger partial charge in [-0.3, -0.25) is 9.48 Å². The smallest absolute Gasteiger partial charge is 0.316 e. The molecule has 4 nitrogen and oxygen atoms in total. The Balaban J connectivity index is 2.68. The Labute approximate surface area is 82.0 Å². The Morgan fingerprint density at radius 2 is 2.54 bits per heavy atom. The third-order valence-corrected chi connectivity index (χ3v) is 2.20. The molecule has 0 spiro atoms. The molecule has 72 valence electrons. The molecule has 0 saturated carbocycles. The van der Waals surface area contributed by atoms with E-state index >= 15 is 0 Å². The summed E-state index contributed by atoms with van der Waals surface area (Å²) in [5.74, 6) is -0.896. The van der Waals surface area contributed by atoms with Crippen LogP contribution in [0, 0.1) is 0 Å². The van der Waals surface area contributed by atoms with Crippen molar-refractivity contribution in [1.29, 1.82) is 0 Å². The van der Waals surface area contributed by atoms with Crippen LogP contribution in [0.3, 0.4) is 0 Å². The number of carbonyl (C=O) groups is 1. The molecule has 0 amide bonds. The fourth-order valence-corrected chi connectivity index (χ4v) is 1.29. The first-order chi connectivity index (χ1) is 6.15. The van der Waals surface area contributed by atoms with Gasteiger partial charge in [-0.1, -0.05) is 0 Å². The molecule has 1 atom stereocenters. The minimum absolute atomic E-state index is 0.409. The van der Waals surface area contributed by atoms with Gasteiger partial charge in [0.15, 0.2) is 0 Å². The standard InChI is InChI=1S/C8H12N2O2S/c1-2-10-6(3-4-9-10)5-7(13)8(11)12/h3-4,7,13H,2,5H2,1H3,(H,11,12). The molecular weight excluding hydrogens is 188 g/mol. The normalized spacial score (nSPS) is 12.8. The second kappa shape index (κ2) is 4.32. The zero-order valence-corrected chi connectivity index (χ0v) is 8.24. The van der Waals surface area contributed by atoms with Crippen molar-refractivity contribution in [3.05, 3.63) is 18.0 Å². The van der Waals surface area contributed by atoms with E-state index in [9.17, 15) is 4.79 Å². The summed E-state index contributed by atoms with van der Waals surface area (Å²) in [6.45, 7) is 2.72. The third kappa shape index (κ3) is 2.48. The van der Waals surface area contributed by atoms with Gasteiger partial charge in [-0.05, 0) is 13.0 Å². The molecule has 0 saturated heterocycles. The van der Waals surface area contributed by atoms with E-state index in [1.54, 1.807) is 10.9 Å². The van der Waals surface area contributed by atoms with E-state index in [-0.39, 0.29) is 0 Å². The molecule has 0 radical (unpaired) electrons. The Bertz CT molecular complexity index is 298. The Morgan fingerprint density at radius 3 is 3.08 bits per heavy atom. The summed E-state index contributed by atoms with van der Waals surface area (Å²) in [5, 5.41) is 12.0. The first-order valence-electron chi connectivity index (χ1n) is 4.06. The van der Waals surface area contributed by atoms with Crippen molar-refractivity contribution >= 4 is 18.6 Å². The molecule has 1 aromatic heterocycles. The van der Waals surface area contributed by atoms with Gasteiger partial charge in [-0.25, -0.2) is 0 Å². The van der Waals surface area contributed by atoms with Crippen LogP contribution in [0.4, 0.5) is 0 Å². The number of aliphatic carboxylic acids is 1. The molecule has 0 aliphatic carbocycles. The summed E-state index contributed by atoms with van der Waals surface area (Å²) in [5.41, 5.74) is 0.907. The molecule has 0 fully saturated rings. The highest BCUT2D eigenvalue weighted by atomic mass is 32.1.